The van der Waals surface area contributed by atoms with Gasteiger partial charge in [0.25, 0.3) is 0 Å². The summed E-state index contributed by atoms with van der Waals surface area (Å²) in [6.07, 6.45) is 4.91. The second-order valence-corrected chi connectivity index (χ2v) is 5.63. The Balaban J connectivity index is 2.04. The lowest BCUT2D eigenvalue weighted by molar-refractivity contribution is 0.154. The normalized spacial score (nSPS) is 21.1. The number of halogens is 1. The van der Waals surface area contributed by atoms with Gasteiger partial charge in [-0.05, 0) is 56.9 Å². The maximum Gasteiger partial charge on any atom is 0.141 e. The van der Waals surface area contributed by atoms with Gasteiger partial charge in [-0.2, -0.15) is 0 Å². The lowest BCUT2D eigenvalue weighted by Crippen LogP contribution is -2.40. The summed E-state index contributed by atoms with van der Waals surface area (Å²) in [5, 5.41) is 3.48. The van der Waals surface area contributed by atoms with Gasteiger partial charge in [-0.25, -0.2) is 4.39 Å². The van der Waals surface area contributed by atoms with Crippen molar-refractivity contribution < 1.29 is 4.39 Å². The van der Waals surface area contributed by atoms with E-state index in [1.165, 1.54) is 25.1 Å². The minimum atomic E-state index is -0.261. The summed E-state index contributed by atoms with van der Waals surface area (Å²) >= 11 is 0. The number of rotatable bonds is 6. The first-order valence-corrected chi connectivity index (χ1v) is 7.80. The van der Waals surface area contributed by atoms with Crippen LogP contribution in [0.2, 0.25) is 0 Å². The molecule has 0 spiro atoms. The van der Waals surface area contributed by atoms with Gasteiger partial charge in [0.1, 0.15) is 5.82 Å². The summed E-state index contributed by atoms with van der Waals surface area (Å²) < 4.78 is 13.0. The maximum absolute atomic E-state index is 13.0. The zero-order valence-corrected chi connectivity index (χ0v) is 12.6. The zero-order valence-electron chi connectivity index (χ0n) is 12.6. The highest BCUT2D eigenvalue weighted by molar-refractivity contribution is 5.10. The Hall–Kier alpha value is -1.00. The molecule has 3 nitrogen and oxygen atoms in total. The van der Waals surface area contributed by atoms with Gasteiger partial charge in [0.05, 0.1) is 17.9 Å². The molecule has 1 aromatic heterocycles. The van der Waals surface area contributed by atoms with Gasteiger partial charge in [0.2, 0.25) is 0 Å². The van der Waals surface area contributed by atoms with E-state index in [1.807, 2.05) is 6.07 Å². The van der Waals surface area contributed by atoms with Crippen LogP contribution in [0.25, 0.3) is 0 Å². The molecule has 2 unspecified atom stereocenters. The molecule has 4 heteroatoms. The number of pyridine rings is 1. The fourth-order valence-corrected chi connectivity index (χ4v) is 3.13. The second-order valence-electron chi connectivity index (χ2n) is 5.63. The van der Waals surface area contributed by atoms with E-state index in [-0.39, 0.29) is 5.82 Å². The zero-order chi connectivity index (χ0) is 14.4. The van der Waals surface area contributed by atoms with E-state index in [2.05, 4.69) is 29.0 Å². The molecule has 0 aliphatic carbocycles. The lowest BCUT2D eigenvalue weighted by atomic mass is 9.97. The third kappa shape index (κ3) is 4.00. The SMILES string of the molecule is CCC(c1ccc(F)cn1)N(CC)CC1CCCNC1. The van der Waals surface area contributed by atoms with E-state index < -0.39 is 0 Å². The first-order valence-electron chi connectivity index (χ1n) is 7.80. The van der Waals surface area contributed by atoms with Gasteiger partial charge in [-0.15, -0.1) is 0 Å². The van der Waals surface area contributed by atoms with Crippen molar-refractivity contribution in [3.05, 3.63) is 29.8 Å². The van der Waals surface area contributed by atoms with Crippen LogP contribution in [0.4, 0.5) is 4.39 Å². The molecular formula is C16H26FN3. The van der Waals surface area contributed by atoms with Crippen molar-refractivity contribution in [3.8, 4) is 0 Å². The molecule has 1 aromatic rings. The van der Waals surface area contributed by atoms with Crippen LogP contribution in [0.5, 0.6) is 0 Å². The molecule has 2 rings (SSSR count). The Kier molecular flexibility index (Phi) is 5.92. The topological polar surface area (TPSA) is 28.2 Å². The summed E-state index contributed by atoms with van der Waals surface area (Å²) in [5.74, 6) is 0.460. The highest BCUT2D eigenvalue weighted by atomic mass is 19.1. The van der Waals surface area contributed by atoms with Crippen LogP contribution in [0.3, 0.4) is 0 Å². The minimum absolute atomic E-state index is 0.261. The molecule has 0 aromatic carbocycles. The third-order valence-corrected chi connectivity index (χ3v) is 4.22. The van der Waals surface area contributed by atoms with Crippen molar-refractivity contribution >= 4 is 0 Å². The highest BCUT2D eigenvalue weighted by Crippen LogP contribution is 2.24. The Bertz CT molecular complexity index is 387. The molecule has 0 saturated carbocycles. The number of nitrogens with zero attached hydrogens (tertiary/aromatic N) is 2. The van der Waals surface area contributed by atoms with Crippen molar-refractivity contribution in [1.29, 1.82) is 0 Å². The van der Waals surface area contributed by atoms with Crippen LogP contribution in [0, 0.1) is 11.7 Å². The summed E-state index contributed by atoms with van der Waals surface area (Å²) in [6.45, 7) is 8.75. The molecule has 0 radical (unpaired) electrons. The van der Waals surface area contributed by atoms with Crippen LogP contribution in [-0.2, 0) is 0 Å². The van der Waals surface area contributed by atoms with E-state index in [0.29, 0.717) is 6.04 Å². The van der Waals surface area contributed by atoms with Crippen LogP contribution >= 0.6 is 0 Å². The van der Waals surface area contributed by atoms with Gasteiger partial charge in [0, 0.05) is 6.54 Å². The molecule has 1 saturated heterocycles. The molecule has 1 N–H and O–H groups in total. The van der Waals surface area contributed by atoms with Gasteiger partial charge in [-0.3, -0.25) is 9.88 Å². The van der Waals surface area contributed by atoms with Crippen molar-refractivity contribution in [2.45, 2.75) is 39.2 Å². The van der Waals surface area contributed by atoms with E-state index in [4.69, 9.17) is 0 Å². The first kappa shape index (κ1) is 15.4. The van der Waals surface area contributed by atoms with Crippen molar-refractivity contribution in [2.75, 3.05) is 26.2 Å². The Morgan fingerprint density at radius 2 is 2.30 bits per heavy atom. The summed E-state index contributed by atoms with van der Waals surface area (Å²) in [4.78, 5) is 6.76. The minimum Gasteiger partial charge on any atom is -0.316 e. The quantitative estimate of drug-likeness (QED) is 0.867. The Morgan fingerprint density at radius 3 is 2.85 bits per heavy atom. The maximum atomic E-state index is 13.0. The Labute approximate surface area is 121 Å². The van der Waals surface area contributed by atoms with Crippen LogP contribution in [0.1, 0.15) is 44.8 Å². The average Bonchev–Trinajstić information content (AvgIpc) is 2.49. The van der Waals surface area contributed by atoms with Gasteiger partial charge in [0.15, 0.2) is 0 Å². The lowest BCUT2D eigenvalue weighted by Gasteiger charge is -2.34. The smallest absolute Gasteiger partial charge is 0.141 e. The predicted molar refractivity (Wildman–Crippen MR) is 80.1 cm³/mol. The molecule has 0 bridgehead atoms. The molecule has 20 heavy (non-hydrogen) atoms. The number of nitrogens with one attached hydrogen (secondary N) is 1. The summed E-state index contributed by atoms with van der Waals surface area (Å²) in [5.41, 5.74) is 0.986. The Morgan fingerprint density at radius 1 is 1.45 bits per heavy atom. The number of aromatic nitrogens is 1. The fourth-order valence-electron chi connectivity index (χ4n) is 3.13. The largest absolute Gasteiger partial charge is 0.316 e. The molecule has 1 fully saturated rings. The standard InChI is InChI=1S/C16H26FN3/c1-3-16(15-8-7-14(17)11-19-15)20(4-2)12-13-6-5-9-18-10-13/h7-8,11,13,16,18H,3-6,9-10,12H2,1-2H3. The summed E-state index contributed by atoms with van der Waals surface area (Å²) in [6, 6.07) is 3.63. The van der Waals surface area contributed by atoms with Gasteiger partial charge >= 0.3 is 0 Å². The molecule has 1 aliphatic heterocycles. The van der Waals surface area contributed by atoms with E-state index in [9.17, 15) is 4.39 Å². The number of hydrogen-bond acceptors (Lipinski definition) is 3. The second kappa shape index (κ2) is 7.70. The molecule has 0 amide bonds. The monoisotopic (exact) mass is 279 g/mol. The highest BCUT2D eigenvalue weighted by Gasteiger charge is 2.23. The number of hydrogen-bond donors (Lipinski definition) is 1. The van der Waals surface area contributed by atoms with E-state index in [0.717, 1.165) is 44.2 Å². The van der Waals surface area contributed by atoms with E-state index >= 15 is 0 Å². The molecule has 1 aliphatic rings. The van der Waals surface area contributed by atoms with Gasteiger partial charge < -0.3 is 5.32 Å². The third-order valence-electron chi connectivity index (χ3n) is 4.22. The molecule has 112 valence electrons. The van der Waals surface area contributed by atoms with Crippen LogP contribution in [-0.4, -0.2) is 36.1 Å². The first-order chi connectivity index (χ1) is 9.74. The van der Waals surface area contributed by atoms with E-state index in [1.54, 1.807) is 0 Å². The van der Waals surface area contributed by atoms with Crippen molar-refractivity contribution in [2.24, 2.45) is 5.92 Å². The van der Waals surface area contributed by atoms with Crippen molar-refractivity contribution in [3.63, 3.8) is 0 Å². The molecule has 2 atom stereocenters. The fraction of sp³-hybridized carbons (Fsp3) is 0.688. The molecule has 2 heterocycles. The average molecular weight is 279 g/mol. The molecular weight excluding hydrogens is 253 g/mol. The van der Waals surface area contributed by atoms with Crippen molar-refractivity contribution in [1.82, 2.24) is 15.2 Å². The summed E-state index contributed by atoms with van der Waals surface area (Å²) in [7, 11) is 0. The van der Waals surface area contributed by atoms with Gasteiger partial charge in [-0.1, -0.05) is 13.8 Å². The van der Waals surface area contributed by atoms with Crippen LogP contribution in [0.15, 0.2) is 18.3 Å². The van der Waals surface area contributed by atoms with Crippen LogP contribution < -0.4 is 5.32 Å². The predicted octanol–water partition coefficient (Wildman–Crippen LogP) is 2.99. The number of piperidine rings is 1.